The fourth-order valence-corrected chi connectivity index (χ4v) is 4.95. The van der Waals surface area contributed by atoms with E-state index in [4.69, 9.17) is 14.2 Å². The minimum absolute atomic E-state index is 0.0591. The van der Waals surface area contributed by atoms with Gasteiger partial charge in [0.05, 0.1) is 26.2 Å². The van der Waals surface area contributed by atoms with Crippen molar-refractivity contribution in [3.8, 4) is 28.4 Å². The third-order valence-electron chi connectivity index (χ3n) is 5.94. The molecule has 1 aliphatic carbocycles. The molecule has 6 heteroatoms. The van der Waals surface area contributed by atoms with Crippen LogP contribution in [0.1, 0.15) is 37.4 Å². The van der Waals surface area contributed by atoms with E-state index in [1.165, 1.54) is 11.8 Å². The van der Waals surface area contributed by atoms with Crippen LogP contribution >= 0.6 is 11.8 Å². The van der Waals surface area contributed by atoms with Crippen molar-refractivity contribution in [2.24, 2.45) is 0 Å². The molecule has 5 nitrogen and oxygen atoms in total. The van der Waals surface area contributed by atoms with E-state index in [0.717, 1.165) is 53.1 Å². The van der Waals surface area contributed by atoms with Crippen molar-refractivity contribution >= 4 is 11.8 Å². The second-order valence-corrected chi connectivity index (χ2v) is 8.08. The van der Waals surface area contributed by atoms with Crippen molar-refractivity contribution in [1.29, 1.82) is 0 Å². The first-order chi connectivity index (χ1) is 14.5. The zero-order valence-corrected chi connectivity index (χ0v) is 19.5. The Morgan fingerprint density at radius 1 is 1.03 bits per heavy atom. The maximum Gasteiger partial charge on any atom is 0.203 e. The molecular weight excluding hydrogens is 398 g/mol. The van der Waals surface area contributed by atoms with Crippen molar-refractivity contribution in [3.05, 3.63) is 45.6 Å². The number of hydrogen-bond donors (Lipinski definition) is 0. The largest absolute Gasteiger partial charge is 0.493 e. The first kappa shape index (κ1) is 22.5. The average molecular weight is 430 g/mol. The summed E-state index contributed by atoms with van der Waals surface area (Å²) in [7, 11) is 4.91. The molecule has 3 rings (SSSR count). The van der Waals surface area contributed by atoms with Gasteiger partial charge >= 0.3 is 0 Å². The monoisotopic (exact) mass is 429 g/mol. The number of methoxy groups -OCH3 is 3. The number of fused-ring (bicyclic) bond motifs is 3. The van der Waals surface area contributed by atoms with Crippen molar-refractivity contribution in [3.63, 3.8) is 0 Å². The number of rotatable bonds is 7. The van der Waals surface area contributed by atoms with E-state index in [2.05, 4.69) is 24.8 Å². The highest BCUT2D eigenvalue weighted by Gasteiger charge is 2.30. The van der Waals surface area contributed by atoms with Crippen molar-refractivity contribution < 1.29 is 14.2 Å². The number of thioether (sulfide) groups is 1. The van der Waals surface area contributed by atoms with E-state index in [9.17, 15) is 4.79 Å². The Bertz CT molecular complexity index is 972. The summed E-state index contributed by atoms with van der Waals surface area (Å²) in [6.07, 6.45) is 3.71. The topological polar surface area (TPSA) is 48.0 Å². The van der Waals surface area contributed by atoms with Crippen LogP contribution in [0, 0.1) is 0 Å². The predicted octanol–water partition coefficient (Wildman–Crippen LogP) is 4.79. The van der Waals surface area contributed by atoms with Gasteiger partial charge in [0, 0.05) is 11.6 Å². The maximum atomic E-state index is 13.0. The van der Waals surface area contributed by atoms with Gasteiger partial charge in [-0.3, -0.25) is 9.69 Å². The normalized spacial score (nSPS) is 15.2. The van der Waals surface area contributed by atoms with Crippen LogP contribution in [0.3, 0.4) is 0 Å². The van der Waals surface area contributed by atoms with Crippen molar-refractivity contribution in [1.82, 2.24) is 4.90 Å². The van der Waals surface area contributed by atoms with Gasteiger partial charge in [0.25, 0.3) is 0 Å². The number of nitrogens with zero attached hydrogens (tertiary/aromatic N) is 1. The fraction of sp³-hybridized carbons (Fsp3) is 0.458. The van der Waals surface area contributed by atoms with Crippen LogP contribution < -0.4 is 19.6 Å². The molecule has 30 heavy (non-hydrogen) atoms. The van der Waals surface area contributed by atoms with Crippen LogP contribution in [0.25, 0.3) is 11.1 Å². The van der Waals surface area contributed by atoms with E-state index in [1.54, 1.807) is 21.3 Å². The van der Waals surface area contributed by atoms with Crippen LogP contribution in [-0.2, 0) is 6.42 Å². The Morgan fingerprint density at radius 3 is 2.30 bits per heavy atom. The zero-order valence-electron chi connectivity index (χ0n) is 18.7. The number of aryl methyl sites for hydroxylation is 1. The molecule has 0 saturated carbocycles. The fourth-order valence-electron chi connectivity index (χ4n) is 4.49. The summed E-state index contributed by atoms with van der Waals surface area (Å²) in [5, 5.41) is 0. The summed E-state index contributed by atoms with van der Waals surface area (Å²) >= 11 is 1.48. The maximum absolute atomic E-state index is 13.0. The van der Waals surface area contributed by atoms with Gasteiger partial charge in [0.1, 0.15) is 0 Å². The number of ether oxygens (including phenoxy) is 3. The zero-order chi connectivity index (χ0) is 21.8. The van der Waals surface area contributed by atoms with Gasteiger partial charge in [0.15, 0.2) is 16.9 Å². The quantitative estimate of drug-likeness (QED) is 0.590. The lowest BCUT2D eigenvalue weighted by atomic mass is 9.95. The standard InChI is InChI=1S/C24H31NO4S/c1-7-25(8-2)18-11-9-15-13-20(27-3)23(28-4)24(29-5)22(15)16-10-12-21(30-6)19(26)14-17(16)18/h10,12-14,18H,7-9,11H2,1-6H3/t18-/m0/s1. The van der Waals surface area contributed by atoms with E-state index >= 15 is 0 Å². The minimum Gasteiger partial charge on any atom is -0.493 e. The first-order valence-electron chi connectivity index (χ1n) is 10.3. The predicted molar refractivity (Wildman–Crippen MR) is 124 cm³/mol. The molecule has 0 fully saturated rings. The highest BCUT2D eigenvalue weighted by molar-refractivity contribution is 7.98. The number of hydrogen-bond acceptors (Lipinski definition) is 6. The second kappa shape index (κ2) is 9.75. The summed E-state index contributed by atoms with van der Waals surface area (Å²) in [6, 6.07) is 8.02. The van der Waals surface area contributed by atoms with Crippen LogP contribution in [-0.4, -0.2) is 45.6 Å². The van der Waals surface area contributed by atoms with Gasteiger partial charge in [-0.25, -0.2) is 0 Å². The van der Waals surface area contributed by atoms with Gasteiger partial charge in [0.2, 0.25) is 5.75 Å². The van der Waals surface area contributed by atoms with E-state index in [0.29, 0.717) is 17.2 Å². The Hall–Kier alpha value is -2.18. The average Bonchev–Trinajstić information content (AvgIpc) is 3.01. The van der Waals surface area contributed by atoms with E-state index in [-0.39, 0.29) is 11.5 Å². The van der Waals surface area contributed by atoms with Crippen LogP contribution in [0.2, 0.25) is 0 Å². The molecule has 1 aliphatic rings. The molecule has 162 valence electrons. The summed E-state index contributed by atoms with van der Waals surface area (Å²) in [6.45, 7) is 6.18. The Labute approximate surface area is 183 Å². The minimum atomic E-state index is 0.0591. The molecule has 0 aliphatic heterocycles. The lowest BCUT2D eigenvalue weighted by Gasteiger charge is -2.29. The van der Waals surface area contributed by atoms with Crippen LogP contribution in [0.5, 0.6) is 17.2 Å². The summed E-state index contributed by atoms with van der Waals surface area (Å²) in [5.41, 5.74) is 4.26. The molecule has 0 heterocycles. The van der Waals surface area contributed by atoms with Gasteiger partial charge in [-0.05, 0) is 67.1 Å². The Balaban J connectivity index is 2.43. The molecule has 2 aromatic carbocycles. The van der Waals surface area contributed by atoms with Crippen molar-refractivity contribution in [2.75, 3.05) is 40.7 Å². The summed E-state index contributed by atoms with van der Waals surface area (Å²) < 4.78 is 17.1. The lowest BCUT2D eigenvalue weighted by molar-refractivity contribution is 0.209. The Kier molecular flexibility index (Phi) is 7.32. The lowest BCUT2D eigenvalue weighted by Crippen LogP contribution is -2.29. The van der Waals surface area contributed by atoms with Crippen molar-refractivity contribution in [2.45, 2.75) is 37.6 Å². The van der Waals surface area contributed by atoms with Gasteiger partial charge < -0.3 is 14.2 Å². The molecule has 0 radical (unpaired) electrons. The van der Waals surface area contributed by atoms with E-state index in [1.807, 2.05) is 24.5 Å². The third kappa shape index (κ3) is 3.91. The molecular formula is C24H31NO4S. The van der Waals surface area contributed by atoms with Gasteiger partial charge in [-0.2, -0.15) is 0 Å². The van der Waals surface area contributed by atoms with E-state index < -0.39 is 0 Å². The molecule has 0 N–H and O–H groups in total. The molecule has 0 saturated heterocycles. The summed E-state index contributed by atoms with van der Waals surface area (Å²) in [5.74, 6) is 1.88. The highest BCUT2D eigenvalue weighted by Crippen LogP contribution is 2.50. The molecule has 0 spiro atoms. The van der Waals surface area contributed by atoms with Crippen LogP contribution in [0.15, 0.2) is 34.0 Å². The van der Waals surface area contributed by atoms with Crippen LogP contribution in [0.4, 0.5) is 0 Å². The first-order valence-corrected chi connectivity index (χ1v) is 11.5. The third-order valence-corrected chi connectivity index (χ3v) is 6.72. The molecule has 2 aromatic rings. The smallest absolute Gasteiger partial charge is 0.203 e. The molecule has 0 amide bonds. The summed E-state index contributed by atoms with van der Waals surface area (Å²) in [4.78, 5) is 16.1. The Morgan fingerprint density at radius 2 is 1.73 bits per heavy atom. The van der Waals surface area contributed by atoms with Gasteiger partial charge in [-0.15, -0.1) is 11.8 Å². The highest BCUT2D eigenvalue weighted by atomic mass is 32.2. The molecule has 1 atom stereocenters. The van der Waals surface area contributed by atoms with Gasteiger partial charge in [-0.1, -0.05) is 19.9 Å². The molecule has 0 bridgehead atoms. The second-order valence-electron chi connectivity index (χ2n) is 7.23. The SMILES string of the molecule is CCN(CC)[C@H]1CCc2cc(OC)c(OC)c(OC)c2-c2ccc(SC)c(=O)cc21. The molecule has 0 unspecified atom stereocenters. The molecule has 0 aromatic heterocycles. The number of benzene rings is 1.